The van der Waals surface area contributed by atoms with Crippen LogP contribution in [0.2, 0.25) is 0 Å². The van der Waals surface area contributed by atoms with Crippen LogP contribution in [0, 0.1) is 5.92 Å². The van der Waals surface area contributed by atoms with E-state index in [4.69, 9.17) is 4.74 Å². The minimum atomic E-state index is -0.0481. The zero-order chi connectivity index (χ0) is 15.4. The lowest BCUT2D eigenvalue weighted by molar-refractivity contribution is 0.0728. The minimum absolute atomic E-state index is 0.0220. The third-order valence-electron chi connectivity index (χ3n) is 3.70. The lowest BCUT2D eigenvalue weighted by Crippen LogP contribution is -2.36. The van der Waals surface area contributed by atoms with Gasteiger partial charge in [0.05, 0.1) is 13.2 Å². The van der Waals surface area contributed by atoms with E-state index < -0.39 is 0 Å². The van der Waals surface area contributed by atoms with Crippen molar-refractivity contribution in [1.29, 1.82) is 0 Å². The van der Waals surface area contributed by atoms with Gasteiger partial charge in [-0.3, -0.25) is 9.89 Å². The molecular weight excluding hydrogens is 284 g/mol. The van der Waals surface area contributed by atoms with Gasteiger partial charge in [0.15, 0.2) is 5.82 Å². The van der Waals surface area contributed by atoms with Crippen LogP contribution in [0.5, 0.6) is 0 Å². The van der Waals surface area contributed by atoms with Crippen molar-refractivity contribution in [2.45, 2.75) is 0 Å². The Hall–Kier alpha value is -2.25. The Morgan fingerprint density at radius 3 is 2.91 bits per heavy atom. The number of amides is 1. The van der Waals surface area contributed by atoms with Gasteiger partial charge in [-0.05, 0) is 12.1 Å². The molecule has 1 saturated heterocycles. The number of rotatable bonds is 3. The van der Waals surface area contributed by atoms with Crippen molar-refractivity contribution in [3.05, 3.63) is 36.2 Å². The molecule has 0 radical (unpaired) electrons. The fraction of sp³-hybridized carbons (Fsp3) is 0.400. The molecule has 0 spiro atoms. The Kier molecular flexibility index (Phi) is 4.45. The summed E-state index contributed by atoms with van der Waals surface area (Å²) in [4.78, 5) is 18.4. The SMILES string of the molecule is O=C(c1ccc(-c2ncn[nH]2)cc1)N1CCOC[C@@H](CO)C1. The molecule has 1 fully saturated rings. The van der Waals surface area contributed by atoms with Crippen molar-refractivity contribution < 1.29 is 14.6 Å². The number of hydrogen-bond acceptors (Lipinski definition) is 5. The van der Waals surface area contributed by atoms with E-state index in [0.29, 0.717) is 37.7 Å². The largest absolute Gasteiger partial charge is 0.396 e. The van der Waals surface area contributed by atoms with E-state index >= 15 is 0 Å². The number of benzene rings is 1. The molecular formula is C15H18N4O3. The van der Waals surface area contributed by atoms with Gasteiger partial charge in [0.1, 0.15) is 6.33 Å². The molecule has 7 heteroatoms. The molecule has 2 heterocycles. The molecule has 1 amide bonds. The van der Waals surface area contributed by atoms with Crippen LogP contribution in [-0.4, -0.2) is 64.0 Å². The highest BCUT2D eigenvalue weighted by Gasteiger charge is 2.23. The summed E-state index contributed by atoms with van der Waals surface area (Å²) in [6.45, 7) is 2.07. The zero-order valence-electron chi connectivity index (χ0n) is 12.1. The Bertz CT molecular complexity index is 612. The van der Waals surface area contributed by atoms with E-state index in [-0.39, 0.29) is 18.4 Å². The van der Waals surface area contributed by atoms with Gasteiger partial charge in [0.2, 0.25) is 0 Å². The summed E-state index contributed by atoms with van der Waals surface area (Å²) >= 11 is 0. The number of nitrogens with one attached hydrogen (secondary N) is 1. The molecule has 0 unspecified atom stereocenters. The number of hydrogen-bond donors (Lipinski definition) is 2. The highest BCUT2D eigenvalue weighted by Crippen LogP contribution is 2.17. The first-order chi connectivity index (χ1) is 10.8. The molecule has 1 aliphatic heterocycles. The summed E-state index contributed by atoms with van der Waals surface area (Å²) in [5.41, 5.74) is 1.49. The molecule has 0 saturated carbocycles. The monoisotopic (exact) mass is 302 g/mol. The van der Waals surface area contributed by atoms with E-state index in [2.05, 4.69) is 15.2 Å². The minimum Gasteiger partial charge on any atom is -0.396 e. The number of aliphatic hydroxyl groups excluding tert-OH is 1. The molecule has 22 heavy (non-hydrogen) atoms. The second-order valence-corrected chi connectivity index (χ2v) is 5.29. The summed E-state index contributed by atoms with van der Waals surface area (Å²) in [6.07, 6.45) is 1.45. The third-order valence-corrected chi connectivity index (χ3v) is 3.70. The first kappa shape index (κ1) is 14.7. The van der Waals surface area contributed by atoms with Gasteiger partial charge in [-0.2, -0.15) is 5.10 Å². The fourth-order valence-electron chi connectivity index (χ4n) is 2.47. The number of aromatic nitrogens is 3. The van der Waals surface area contributed by atoms with Crippen LogP contribution in [0.3, 0.4) is 0 Å². The first-order valence-corrected chi connectivity index (χ1v) is 7.21. The number of H-pyrrole nitrogens is 1. The van der Waals surface area contributed by atoms with Crippen molar-refractivity contribution >= 4 is 5.91 Å². The van der Waals surface area contributed by atoms with Crippen LogP contribution in [0.1, 0.15) is 10.4 Å². The van der Waals surface area contributed by atoms with Crippen LogP contribution < -0.4 is 0 Å². The van der Waals surface area contributed by atoms with Gasteiger partial charge in [0, 0.05) is 36.7 Å². The third kappa shape index (κ3) is 3.15. The van der Waals surface area contributed by atoms with E-state index in [1.807, 2.05) is 12.1 Å². The second-order valence-electron chi connectivity index (χ2n) is 5.29. The summed E-state index contributed by atoms with van der Waals surface area (Å²) in [5, 5.41) is 15.9. The predicted octanol–water partition coefficient (Wildman–Crippen LogP) is 0.553. The van der Waals surface area contributed by atoms with Crippen molar-refractivity contribution in [2.75, 3.05) is 32.9 Å². The number of carbonyl (C=O) groups excluding carboxylic acids is 1. The molecule has 1 aromatic heterocycles. The molecule has 7 nitrogen and oxygen atoms in total. The van der Waals surface area contributed by atoms with Crippen LogP contribution >= 0.6 is 0 Å². The van der Waals surface area contributed by atoms with Gasteiger partial charge < -0.3 is 14.7 Å². The van der Waals surface area contributed by atoms with Crippen molar-refractivity contribution in [3.63, 3.8) is 0 Å². The zero-order valence-corrected chi connectivity index (χ0v) is 12.1. The average Bonchev–Trinajstić information content (AvgIpc) is 2.99. The highest BCUT2D eigenvalue weighted by atomic mass is 16.5. The Labute approximate surface area is 127 Å². The van der Waals surface area contributed by atoms with E-state index in [9.17, 15) is 9.90 Å². The van der Waals surface area contributed by atoms with Gasteiger partial charge in [-0.25, -0.2) is 4.98 Å². The van der Waals surface area contributed by atoms with Crippen LogP contribution in [0.15, 0.2) is 30.6 Å². The maximum atomic E-state index is 12.6. The smallest absolute Gasteiger partial charge is 0.253 e. The predicted molar refractivity (Wildman–Crippen MR) is 79.1 cm³/mol. The number of ether oxygens (including phenoxy) is 1. The van der Waals surface area contributed by atoms with Crippen LogP contribution in [0.4, 0.5) is 0 Å². The molecule has 3 rings (SSSR count). The number of nitrogens with zero attached hydrogens (tertiary/aromatic N) is 3. The summed E-state index contributed by atoms with van der Waals surface area (Å²) in [6, 6.07) is 7.23. The molecule has 2 aromatic rings. The van der Waals surface area contributed by atoms with E-state index in [1.54, 1.807) is 17.0 Å². The molecule has 0 aliphatic carbocycles. The molecule has 1 aliphatic rings. The summed E-state index contributed by atoms with van der Waals surface area (Å²) in [7, 11) is 0. The molecule has 116 valence electrons. The molecule has 0 bridgehead atoms. The second kappa shape index (κ2) is 6.67. The van der Waals surface area contributed by atoms with Gasteiger partial charge >= 0.3 is 0 Å². The van der Waals surface area contributed by atoms with Gasteiger partial charge in [-0.1, -0.05) is 12.1 Å². The number of carbonyl (C=O) groups is 1. The summed E-state index contributed by atoms with van der Waals surface area (Å²) < 4.78 is 5.41. The highest BCUT2D eigenvalue weighted by molar-refractivity contribution is 5.94. The fourth-order valence-corrected chi connectivity index (χ4v) is 2.47. The lowest BCUT2D eigenvalue weighted by atomic mass is 10.1. The summed E-state index contributed by atoms with van der Waals surface area (Å²) in [5.74, 6) is 0.593. The number of aliphatic hydroxyl groups is 1. The van der Waals surface area contributed by atoms with Gasteiger partial charge in [0.25, 0.3) is 5.91 Å². The standard InChI is InChI=1S/C15H18N4O3/c20-8-11-7-19(5-6-22-9-11)15(21)13-3-1-12(2-4-13)14-16-10-17-18-14/h1-4,10-11,20H,5-9H2,(H,16,17,18)/t11-/m1/s1. The number of aromatic amines is 1. The average molecular weight is 302 g/mol. The van der Waals surface area contributed by atoms with E-state index in [0.717, 1.165) is 5.56 Å². The quantitative estimate of drug-likeness (QED) is 0.864. The molecule has 1 aromatic carbocycles. The lowest BCUT2D eigenvalue weighted by Gasteiger charge is -2.22. The molecule has 2 N–H and O–H groups in total. The van der Waals surface area contributed by atoms with Crippen molar-refractivity contribution in [3.8, 4) is 11.4 Å². The normalized spacial score (nSPS) is 19.0. The maximum Gasteiger partial charge on any atom is 0.253 e. The van der Waals surface area contributed by atoms with Crippen molar-refractivity contribution in [2.24, 2.45) is 5.92 Å². The van der Waals surface area contributed by atoms with Gasteiger partial charge in [-0.15, -0.1) is 0 Å². The Balaban J connectivity index is 1.74. The van der Waals surface area contributed by atoms with E-state index in [1.165, 1.54) is 6.33 Å². The van der Waals surface area contributed by atoms with Crippen molar-refractivity contribution in [1.82, 2.24) is 20.1 Å². The molecule has 1 atom stereocenters. The Morgan fingerprint density at radius 1 is 1.41 bits per heavy atom. The van der Waals surface area contributed by atoms with Crippen LogP contribution in [0.25, 0.3) is 11.4 Å². The Morgan fingerprint density at radius 2 is 2.23 bits per heavy atom. The maximum absolute atomic E-state index is 12.6. The first-order valence-electron chi connectivity index (χ1n) is 7.21. The topological polar surface area (TPSA) is 91.3 Å². The van der Waals surface area contributed by atoms with Crippen LogP contribution in [-0.2, 0) is 4.74 Å².